The molecule has 0 atom stereocenters. The van der Waals surface area contributed by atoms with E-state index in [4.69, 9.17) is 4.42 Å². The molecule has 1 amide bonds. The fourth-order valence-corrected chi connectivity index (χ4v) is 2.17. The first-order valence-corrected chi connectivity index (χ1v) is 6.01. The van der Waals surface area contributed by atoms with Crippen LogP contribution < -0.4 is 5.32 Å². The molecular formula is C11H13N3O2S. The third-order valence-electron chi connectivity index (χ3n) is 2.28. The van der Waals surface area contributed by atoms with Gasteiger partial charge in [0.25, 0.3) is 0 Å². The van der Waals surface area contributed by atoms with Gasteiger partial charge in [-0.25, -0.2) is 9.97 Å². The lowest BCUT2D eigenvalue weighted by atomic mass is 10.3. The van der Waals surface area contributed by atoms with E-state index in [-0.39, 0.29) is 12.3 Å². The van der Waals surface area contributed by atoms with Crippen LogP contribution in [0.3, 0.4) is 0 Å². The molecule has 0 unspecified atom stereocenters. The Bertz CT molecular complexity index is 525. The Morgan fingerprint density at radius 3 is 2.71 bits per heavy atom. The number of carbonyl (C=O) groups excluding carboxylic acids is 1. The fraction of sp³-hybridized carbons (Fsp3) is 0.364. The molecule has 90 valence electrons. The lowest BCUT2D eigenvalue weighted by molar-refractivity contribution is -0.115. The number of rotatable bonds is 3. The smallest absolute Gasteiger partial charge is 0.232 e. The molecule has 0 spiro atoms. The van der Waals surface area contributed by atoms with Gasteiger partial charge in [0.05, 0.1) is 17.8 Å². The first-order valence-electron chi connectivity index (χ1n) is 5.19. The lowest BCUT2D eigenvalue weighted by Gasteiger charge is -1.97. The molecule has 0 aromatic carbocycles. The van der Waals surface area contributed by atoms with E-state index in [1.807, 2.05) is 13.8 Å². The van der Waals surface area contributed by atoms with Crippen molar-refractivity contribution in [2.75, 3.05) is 5.32 Å². The highest BCUT2D eigenvalue weighted by Crippen LogP contribution is 2.21. The minimum Gasteiger partial charge on any atom is -0.449 e. The minimum atomic E-state index is -0.132. The standard InChI is InChI=1S/C11H13N3O2S/c1-6-7(2)17-11(12-6)14-10(15)4-9-5-16-8(3)13-9/h5H,4H2,1-3H3,(H,12,14,15). The Hall–Kier alpha value is -1.69. The number of hydrogen-bond acceptors (Lipinski definition) is 5. The van der Waals surface area contributed by atoms with Crippen LogP contribution in [0.2, 0.25) is 0 Å². The van der Waals surface area contributed by atoms with Gasteiger partial charge in [0.1, 0.15) is 6.26 Å². The van der Waals surface area contributed by atoms with Gasteiger partial charge in [-0.15, -0.1) is 11.3 Å². The largest absolute Gasteiger partial charge is 0.449 e. The number of carbonyl (C=O) groups is 1. The summed E-state index contributed by atoms with van der Waals surface area (Å²) in [6.45, 7) is 5.64. The number of nitrogens with one attached hydrogen (secondary N) is 1. The molecule has 0 aliphatic heterocycles. The van der Waals surface area contributed by atoms with Crippen LogP contribution in [0.5, 0.6) is 0 Å². The highest BCUT2D eigenvalue weighted by Gasteiger charge is 2.10. The van der Waals surface area contributed by atoms with Gasteiger partial charge >= 0.3 is 0 Å². The number of amides is 1. The van der Waals surface area contributed by atoms with Crippen LogP contribution in [0.1, 0.15) is 22.2 Å². The zero-order valence-electron chi connectivity index (χ0n) is 9.90. The van der Waals surface area contributed by atoms with E-state index in [0.717, 1.165) is 10.6 Å². The summed E-state index contributed by atoms with van der Waals surface area (Å²) in [5, 5.41) is 3.38. The monoisotopic (exact) mass is 251 g/mol. The Morgan fingerprint density at radius 1 is 1.41 bits per heavy atom. The van der Waals surface area contributed by atoms with Crippen molar-refractivity contribution in [3.05, 3.63) is 28.4 Å². The van der Waals surface area contributed by atoms with Crippen LogP contribution in [0, 0.1) is 20.8 Å². The maximum Gasteiger partial charge on any atom is 0.232 e. The highest BCUT2D eigenvalue weighted by molar-refractivity contribution is 7.15. The van der Waals surface area contributed by atoms with Crippen LogP contribution in [0.15, 0.2) is 10.7 Å². The maximum atomic E-state index is 11.7. The SMILES string of the molecule is Cc1nc(CC(=O)Nc2nc(C)c(C)s2)co1. The van der Waals surface area contributed by atoms with Gasteiger partial charge in [0.2, 0.25) is 5.91 Å². The lowest BCUT2D eigenvalue weighted by Crippen LogP contribution is -2.14. The molecule has 0 radical (unpaired) electrons. The summed E-state index contributed by atoms with van der Waals surface area (Å²) in [7, 11) is 0. The van der Waals surface area contributed by atoms with Crippen molar-refractivity contribution in [3.8, 4) is 0 Å². The first-order chi connectivity index (χ1) is 8.04. The molecular weight excluding hydrogens is 238 g/mol. The first kappa shape index (κ1) is 11.8. The normalized spacial score (nSPS) is 10.5. The number of oxazole rings is 1. The van der Waals surface area contributed by atoms with Gasteiger partial charge in [0.15, 0.2) is 11.0 Å². The second-order valence-corrected chi connectivity index (χ2v) is 4.95. The molecule has 0 aliphatic rings. The van der Waals surface area contributed by atoms with Crippen molar-refractivity contribution >= 4 is 22.4 Å². The Morgan fingerprint density at radius 2 is 2.18 bits per heavy atom. The van der Waals surface area contributed by atoms with Crippen molar-refractivity contribution in [2.45, 2.75) is 27.2 Å². The molecule has 2 rings (SSSR count). The van der Waals surface area contributed by atoms with Gasteiger partial charge in [-0.1, -0.05) is 0 Å². The molecule has 0 saturated heterocycles. The van der Waals surface area contributed by atoms with Crippen molar-refractivity contribution in [1.82, 2.24) is 9.97 Å². The van der Waals surface area contributed by atoms with Gasteiger partial charge in [-0.3, -0.25) is 4.79 Å². The number of aromatic nitrogens is 2. The third kappa shape index (κ3) is 2.91. The average molecular weight is 251 g/mol. The Balaban J connectivity index is 1.97. The minimum absolute atomic E-state index is 0.132. The van der Waals surface area contributed by atoms with Crippen LogP contribution in [-0.4, -0.2) is 15.9 Å². The number of anilines is 1. The molecule has 0 saturated carbocycles. The van der Waals surface area contributed by atoms with Crippen molar-refractivity contribution in [1.29, 1.82) is 0 Å². The Kier molecular flexibility index (Phi) is 3.23. The van der Waals surface area contributed by atoms with E-state index in [9.17, 15) is 4.79 Å². The number of thiazole rings is 1. The number of nitrogens with zero attached hydrogens (tertiary/aromatic N) is 2. The van der Waals surface area contributed by atoms with E-state index in [2.05, 4.69) is 15.3 Å². The average Bonchev–Trinajstić information content (AvgIpc) is 2.75. The summed E-state index contributed by atoms with van der Waals surface area (Å²) in [5.41, 5.74) is 1.58. The molecule has 1 N–H and O–H groups in total. The van der Waals surface area contributed by atoms with Crippen LogP contribution in [0.4, 0.5) is 5.13 Å². The molecule has 2 heterocycles. The molecule has 5 nitrogen and oxygen atoms in total. The van der Waals surface area contributed by atoms with Gasteiger partial charge in [0, 0.05) is 11.8 Å². The molecule has 17 heavy (non-hydrogen) atoms. The number of hydrogen-bond donors (Lipinski definition) is 1. The second-order valence-electron chi connectivity index (χ2n) is 3.74. The van der Waals surface area contributed by atoms with Crippen molar-refractivity contribution in [2.24, 2.45) is 0 Å². The van der Waals surface area contributed by atoms with E-state index >= 15 is 0 Å². The van der Waals surface area contributed by atoms with Crippen molar-refractivity contribution < 1.29 is 9.21 Å². The van der Waals surface area contributed by atoms with Crippen molar-refractivity contribution in [3.63, 3.8) is 0 Å². The summed E-state index contributed by atoms with van der Waals surface area (Å²) >= 11 is 1.47. The highest BCUT2D eigenvalue weighted by atomic mass is 32.1. The van der Waals surface area contributed by atoms with Crippen LogP contribution in [0.25, 0.3) is 0 Å². The van der Waals surface area contributed by atoms with Crippen LogP contribution >= 0.6 is 11.3 Å². The topological polar surface area (TPSA) is 68.0 Å². The Labute approximate surface area is 103 Å². The van der Waals surface area contributed by atoms with E-state index < -0.39 is 0 Å². The summed E-state index contributed by atoms with van der Waals surface area (Å²) in [4.78, 5) is 21.1. The van der Waals surface area contributed by atoms with Gasteiger partial charge < -0.3 is 9.73 Å². The summed E-state index contributed by atoms with van der Waals surface area (Å²) < 4.78 is 5.03. The predicted octanol–water partition coefficient (Wildman–Crippen LogP) is 2.24. The van der Waals surface area contributed by atoms with E-state index in [1.54, 1.807) is 6.92 Å². The molecule has 6 heteroatoms. The molecule has 2 aromatic rings. The molecule has 0 bridgehead atoms. The predicted molar refractivity (Wildman–Crippen MR) is 65.2 cm³/mol. The molecule has 0 fully saturated rings. The fourth-order valence-electron chi connectivity index (χ4n) is 1.34. The summed E-state index contributed by atoms with van der Waals surface area (Å²) in [6, 6.07) is 0. The van der Waals surface area contributed by atoms with E-state index in [0.29, 0.717) is 16.7 Å². The van der Waals surface area contributed by atoms with Gasteiger partial charge in [-0.05, 0) is 13.8 Å². The summed E-state index contributed by atoms with van der Waals surface area (Å²) in [5.74, 6) is 0.431. The number of aryl methyl sites for hydroxylation is 3. The maximum absolute atomic E-state index is 11.7. The zero-order valence-corrected chi connectivity index (χ0v) is 10.7. The zero-order chi connectivity index (χ0) is 12.4. The van der Waals surface area contributed by atoms with Crippen LogP contribution in [-0.2, 0) is 11.2 Å². The third-order valence-corrected chi connectivity index (χ3v) is 3.27. The van der Waals surface area contributed by atoms with Gasteiger partial charge in [-0.2, -0.15) is 0 Å². The molecule has 0 aliphatic carbocycles. The second kappa shape index (κ2) is 4.67. The van der Waals surface area contributed by atoms with E-state index in [1.165, 1.54) is 17.6 Å². The molecule has 2 aromatic heterocycles. The summed E-state index contributed by atoms with van der Waals surface area (Å²) in [6.07, 6.45) is 1.70. The quantitative estimate of drug-likeness (QED) is 0.908.